The number of carbonyl (C=O) groups is 1. The Kier molecular flexibility index (Phi) is 13.7. The Morgan fingerprint density at radius 3 is 1.89 bits per heavy atom. The van der Waals surface area contributed by atoms with Crippen molar-refractivity contribution in [1.82, 2.24) is 0 Å². The molecule has 3 heteroatoms. The Labute approximate surface area is 175 Å². The van der Waals surface area contributed by atoms with Crippen LogP contribution in [0.2, 0.25) is 0 Å². The van der Waals surface area contributed by atoms with Gasteiger partial charge in [-0.15, -0.1) is 0 Å². The van der Waals surface area contributed by atoms with Gasteiger partial charge in [0.05, 0.1) is 6.61 Å². The van der Waals surface area contributed by atoms with E-state index >= 15 is 0 Å². The maximum absolute atomic E-state index is 12.6. The summed E-state index contributed by atoms with van der Waals surface area (Å²) in [6.45, 7) is 9.63. The lowest BCUT2D eigenvalue weighted by Crippen LogP contribution is -2.40. The Bertz CT molecular complexity index is 375. The van der Waals surface area contributed by atoms with Crippen LogP contribution in [-0.4, -0.2) is 18.4 Å². The van der Waals surface area contributed by atoms with Crippen LogP contribution in [0, 0.1) is 11.8 Å². The lowest BCUT2D eigenvalue weighted by Gasteiger charge is -2.38. The highest BCUT2D eigenvalue weighted by Gasteiger charge is 2.38. The maximum atomic E-state index is 12.6. The SMILES string of the molecule is CCCCC(CC)CC1(CC(CC)CCCC)CCCCCCCOC(=O)O1. The van der Waals surface area contributed by atoms with Gasteiger partial charge in [-0.25, -0.2) is 4.79 Å². The summed E-state index contributed by atoms with van der Waals surface area (Å²) in [6.07, 6.45) is 18.3. The first-order valence-electron chi connectivity index (χ1n) is 12.4. The van der Waals surface area contributed by atoms with Crippen molar-refractivity contribution < 1.29 is 14.3 Å². The smallest absolute Gasteiger partial charge is 0.434 e. The molecule has 1 heterocycles. The second-order valence-corrected chi connectivity index (χ2v) is 9.14. The molecule has 0 N–H and O–H groups in total. The zero-order chi connectivity index (χ0) is 20.7. The van der Waals surface area contributed by atoms with E-state index in [0.717, 1.165) is 32.1 Å². The average Bonchev–Trinajstić information content (AvgIpc) is 2.73. The molecule has 1 aliphatic heterocycles. The van der Waals surface area contributed by atoms with E-state index in [2.05, 4.69) is 27.7 Å². The molecule has 1 rings (SSSR count). The summed E-state index contributed by atoms with van der Waals surface area (Å²) in [6, 6.07) is 0. The van der Waals surface area contributed by atoms with E-state index in [1.807, 2.05) is 0 Å². The highest BCUT2D eigenvalue weighted by atomic mass is 16.7. The third-order valence-electron chi connectivity index (χ3n) is 6.70. The van der Waals surface area contributed by atoms with Gasteiger partial charge in [0.15, 0.2) is 0 Å². The molecule has 1 aliphatic rings. The highest BCUT2D eigenvalue weighted by Crippen LogP contribution is 2.39. The molecule has 0 spiro atoms. The predicted octanol–water partition coefficient (Wildman–Crippen LogP) is 8.45. The molecule has 1 saturated heterocycles. The van der Waals surface area contributed by atoms with E-state index in [-0.39, 0.29) is 5.60 Å². The van der Waals surface area contributed by atoms with Crippen LogP contribution in [-0.2, 0) is 9.47 Å². The fourth-order valence-electron chi connectivity index (χ4n) is 4.80. The number of cyclic esters (lactones) is 2. The van der Waals surface area contributed by atoms with E-state index in [4.69, 9.17) is 9.47 Å². The second-order valence-electron chi connectivity index (χ2n) is 9.14. The van der Waals surface area contributed by atoms with Crippen molar-refractivity contribution in [2.24, 2.45) is 11.8 Å². The van der Waals surface area contributed by atoms with Gasteiger partial charge in [-0.3, -0.25) is 0 Å². The molecule has 0 aromatic rings. The Morgan fingerprint density at radius 1 is 0.821 bits per heavy atom. The third kappa shape index (κ3) is 10.2. The molecule has 0 radical (unpaired) electrons. The lowest BCUT2D eigenvalue weighted by molar-refractivity contribution is -0.0679. The van der Waals surface area contributed by atoms with Gasteiger partial charge < -0.3 is 9.47 Å². The molecular weight excluding hydrogens is 348 g/mol. The summed E-state index contributed by atoms with van der Waals surface area (Å²) in [5.74, 6) is 1.28. The minimum Gasteiger partial charge on any atom is -0.434 e. The monoisotopic (exact) mass is 396 g/mol. The molecule has 0 bridgehead atoms. The summed E-state index contributed by atoms with van der Waals surface area (Å²) in [5, 5.41) is 0. The fourth-order valence-corrected chi connectivity index (χ4v) is 4.80. The molecule has 28 heavy (non-hydrogen) atoms. The van der Waals surface area contributed by atoms with Gasteiger partial charge in [-0.1, -0.05) is 98.3 Å². The zero-order valence-electron chi connectivity index (χ0n) is 19.4. The lowest BCUT2D eigenvalue weighted by atomic mass is 9.76. The first-order valence-corrected chi connectivity index (χ1v) is 12.4. The minimum atomic E-state index is -0.419. The number of unbranched alkanes of at least 4 members (excludes halogenated alkanes) is 2. The average molecular weight is 397 g/mol. The van der Waals surface area contributed by atoms with Crippen LogP contribution in [0.1, 0.15) is 130 Å². The van der Waals surface area contributed by atoms with E-state index in [1.54, 1.807) is 0 Å². The molecule has 2 atom stereocenters. The van der Waals surface area contributed by atoms with Crippen molar-refractivity contribution in [2.75, 3.05) is 6.61 Å². The molecule has 0 saturated carbocycles. The van der Waals surface area contributed by atoms with Gasteiger partial charge in [-0.05, 0) is 43.9 Å². The largest absolute Gasteiger partial charge is 0.508 e. The molecule has 3 nitrogen and oxygen atoms in total. The van der Waals surface area contributed by atoms with Crippen LogP contribution >= 0.6 is 0 Å². The Morgan fingerprint density at radius 2 is 1.36 bits per heavy atom. The number of rotatable bonds is 12. The van der Waals surface area contributed by atoms with E-state index in [0.29, 0.717) is 18.4 Å². The normalized spacial score (nSPS) is 23.9. The number of hydrogen-bond donors (Lipinski definition) is 0. The summed E-state index contributed by atoms with van der Waals surface area (Å²) < 4.78 is 11.7. The molecular formula is C25H48O3. The van der Waals surface area contributed by atoms with Gasteiger partial charge >= 0.3 is 6.16 Å². The Hall–Kier alpha value is -0.730. The standard InChI is InChI=1S/C25H48O3/c1-5-9-16-22(7-3)20-25(21-23(8-4)17-10-6-2)18-14-12-11-13-15-19-27-24(26)28-25/h22-23H,5-21H2,1-4H3. The van der Waals surface area contributed by atoms with Gasteiger partial charge in [0.1, 0.15) is 5.60 Å². The maximum Gasteiger partial charge on any atom is 0.508 e. The van der Waals surface area contributed by atoms with Crippen LogP contribution in [0.4, 0.5) is 4.79 Å². The molecule has 1 fully saturated rings. The van der Waals surface area contributed by atoms with Crippen LogP contribution in [0.15, 0.2) is 0 Å². The number of hydrogen-bond acceptors (Lipinski definition) is 3. The van der Waals surface area contributed by atoms with Crippen molar-refractivity contribution in [3.63, 3.8) is 0 Å². The van der Waals surface area contributed by atoms with E-state index in [9.17, 15) is 4.79 Å². The first-order chi connectivity index (χ1) is 13.6. The minimum absolute atomic E-state index is 0.329. The highest BCUT2D eigenvalue weighted by molar-refractivity contribution is 5.60. The molecule has 0 aromatic heterocycles. The van der Waals surface area contributed by atoms with Crippen molar-refractivity contribution in [1.29, 1.82) is 0 Å². The third-order valence-corrected chi connectivity index (χ3v) is 6.70. The molecule has 0 aromatic carbocycles. The van der Waals surface area contributed by atoms with Gasteiger partial charge in [0.2, 0.25) is 0 Å². The Balaban J connectivity index is 3.01. The van der Waals surface area contributed by atoms with Gasteiger partial charge in [-0.2, -0.15) is 0 Å². The van der Waals surface area contributed by atoms with E-state index < -0.39 is 6.16 Å². The predicted molar refractivity (Wildman–Crippen MR) is 119 cm³/mol. The topological polar surface area (TPSA) is 35.5 Å². The molecule has 0 amide bonds. The second kappa shape index (κ2) is 15.2. The summed E-state index contributed by atoms with van der Waals surface area (Å²) in [7, 11) is 0. The first kappa shape index (κ1) is 25.3. The molecule has 0 aliphatic carbocycles. The quantitative estimate of drug-likeness (QED) is 0.310. The van der Waals surface area contributed by atoms with Crippen LogP contribution < -0.4 is 0 Å². The van der Waals surface area contributed by atoms with Crippen molar-refractivity contribution in [2.45, 2.75) is 136 Å². The number of ether oxygens (including phenoxy) is 2. The van der Waals surface area contributed by atoms with Gasteiger partial charge in [0, 0.05) is 0 Å². The summed E-state index contributed by atoms with van der Waals surface area (Å²) in [5.41, 5.74) is -0.329. The summed E-state index contributed by atoms with van der Waals surface area (Å²) in [4.78, 5) is 12.6. The van der Waals surface area contributed by atoms with Crippen LogP contribution in [0.25, 0.3) is 0 Å². The number of carbonyl (C=O) groups excluding carboxylic acids is 1. The molecule has 2 unspecified atom stereocenters. The van der Waals surface area contributed by atoms with E-state index in [1.165, 1.54) is 70.6 Å². The summed E-state index contributed by atoms with van der Waals surface area (Å²) >= 11 is 0. The van der Waals surface area contributed by atoms with Crippen LogP contribution in [0.3, 0.4) is 0 Å². The van der Waals surface area contributed by atoms with Crippen molar-refractivity contribution in [3.8, 4) is 0 Å². The van der Waals surface area contributed by atoms with Crippen molar-refractivity contribution in [3.05, 3.63) is 0 Å². The van der Waals surface area contributed by atoms with Crippen molar-refractivity contribution >= 4 is 6.16 Å². The zero-order valence-corrected chi connectivity index (χ0v) is 19.4. The van der Waals surface area contributed by atoms with Crippen LogP contribution in [0.5, 0.6) is 0 Å². The van der Waals surface area contributed by atoms with Gasteiger partial charge in [0.25, 0.3) is 0 Å². The fraction of sp³-hybridized carbons (Fsp3) is 0.960. The molecule has 166 valence electrons.